The average Bonchev–Trinajstić information content (AvgIpc) is 3.45. The molecule has 5 rings (SSSR count). The second kappa shape index (κ2) is 8.04. The SMILES string of the molecule is C#CCOc1c(Br)cc([C@@H]2[C@@H]3CCCN3[C@@]3(C(=O)Nc4ccccc43)[C@@H]2[N+](=O)[O-])cc1OC. The Bertz CT molecular complexity index is 1200. The second-order valence-electron chi connectivity index (χ2n) is 8.45. The highest BCUT2D eigenvalue weighted by Crippen LogP contribution is 2.58. The number of ether oxygens (including phenoxy) is 2. The van der Waals surface area contributed by atoms with Gasteiger partial charge in [-0.25, -0.2) is 0 Å². The van der Waals surface area contributed by atoms with Gasteiger partial charge in [-0.15, -0.1) is 6.42 Å². The molecule has 1 amide bonds. The van der Waals surface area contributed by atoms with Gasteiger partial charge in [0.05, 0.1) is 17.5 Å². The van der Waals surface area contributed by atoms with E-state index in [1.807, 2.05) is 24.3 Å². The highest BCUT2D eigenvalue weighted by molar-refractivity contribution is 9.10. The number of para-hydroxylation sites is 1. The largest absolute Gasteiger partial charge is 0.493 e. The number of carbonyl (C=O) groups excluding carboxylic acids is 1. The van der Waals surface area contributed by atoms with Crippen molar-refractivity contribution in [2.75, 3.05) is 25.6 Å². The molecule has 3 aliphatic rings. The lowest BCUT2D eigenvalue weighted by Crippen LogP contribution is -2.55. The maximum atomic E-state index is 13.5. The molecule has 0 radical (unpaired) electrons. The van der Waals surface area contributed by atoms with Crippen LogP contribution in [0.5, 0.6) is 11.5 Å². The van der Waals surface area contributed by atoms with E-state index in [4.69, 9.17) is 15.9 Å². The van der Waals surface area contributed by atoms with E-state index in [0.29, 0.717) is 33.8 Å². The molecule has 0 unspecified atom stereocenters. The minimum atomic E-state index is -1.36. The third-order valence-corrected chi connectivity index (χ3v) is 7.62. The predicted molar refractivity (Wildman–Crippen MR) is 125 cm³/mol. The number of nitro groups is 1. The van der Waals surface area contributed by atoms with Crippen LogP contribution in [-0.4, -0.2) is 48.1 Å². The summed E-state index contributed by atoms with van der Waals surface area (Å²) in [6.45, 7) is 0.681. The Hall–Kier alpha value is -3.09. The van der Waals surface area contributed by atoms with Crippen LogP contribution >= 0.6 is 15.9 Å². The Morgan fingerprint density at radius 3 is 2.91 bits per heavy atom. The number of halogens is 1. The summed E-state index contributed by atoms with van der Waals surface area (Å²) in [7, 11) is 1.51. The molecule has 0 aromatic heterocycles. The van der Waals surface area contributed by atoms with Crippen molar-refractivity contribution >= 4 is 27.5 Å². The molecule has 4 atom stereocenters. The lowest BCUT2D eigenvalue weighted by atomic mass is 9.77. The second-order valence-corrected chi connectivity index (χ2v) is 9.31. The van der Waals surface area contributed by atoms with E-state index in [1.165, 1.54) is 7.11 Å². The Kier molecular flexibility index (Phi) is 5.30. The molecule has 33 heavy (non-hydrogen) atoms. The van der Waals surface area contributed by atoms with Crippen molar-refractivity contribution in [3.05, 3.63) is 62.1 Å². The molecule has 8 nitrogen and oxygen atoms in total. The monoisotopic (exact) mass is 511 g/mol. The van der Waals surface area contributed by atoms with E-state index in [2.05, 4.69) is 32.1 Å². The van der Waals surface area contributed by atoms with Gasteiger partial charge < -0.3 is 14.8 Å². The van der Waals surface area contributed by atoms with Crippen molar-refractivity contribution in [1.82, 2.24) is 4.90 Å². The van der Waals surface area contributed by atoms with Crippen LogP contribution in [0, 0.1) is 22.5 Å². The molecule has 0 saturated carbocycles. The Morgan fingerprint density at radius 1 is 1.39 bits per heavy atom. The molecule has 2 aromatic carbocycles. The standard InChI is InChI=1S/C24H22BrN3O5/c1-3-11-33-21-16(25)12-14(13-19(21)32-2)20-18-9-6-10-27(18)24(22(20)28(30)31)15-7-4-5-8-17(15)26-23(24)29/h1,4-5,7-8,12-13,18,20,22H,6,9-11H2,2H3,(H,26,29)/t18-,20+,22+,24+/m0/s1. The number of terminal acetylenes is 1. The Morgan fingerprint density at radius 2 is 2.18 bits per heavy atom. The van der Waals surface area contributed by atoms with Crippen molar-refractivity contribution in [3.63, 3.8) is 0 Å². The van der Waals surface area contributed by atoms with Gasteiger partial charge in [0.1, 0.15) is 6.61 Å². The first-order chi connectivity index (χ1) is 15.9. The maximum absolute atomic E-state index is 13.5. The summed E-state index contributed by atoms with van der Waals surface area (Å²) in [6.07, 6.45) is 6.96. The molecule has 170 valence electrons. The number of anilines is 1. The fourth-order valence-electron chi connectivity index (χ4n) is 5.96. The number of nitrogens with zero attached hydrogens (tertiary/aromatic N) is 2. The number of nitrogens with one attached hydrogen (secondary N) is 1. The van der Waals surface area contributed by atoms with Crippen LogP contribution in [0.4, 0.5) is 5.69 Å². The number of fused-ring (bicyclic) bond motifs is 4. The van der Waals surface area contributed by atoms with Crippen molar-refractivity contribution in [2.45, 2.75) is 36.4 Å². The highest BCUT2D eigenvalue weighted by atomic mass is 79.9. The zero-order chi connectivity index (χ0) is 23.3. The van der Waals surface area contributed by atoms with Gasteiger partial charge in [-0.05, 0) is 52.5 Å². The summed E-state index contributed by atoms with van der Waals surface area (Å²) >= 11 is 3.52. The smallest absolute Gasteiger partial charge is 0.256 e. The minimum Gasteiger partial charge on any atom is -0.493 e. The van der Waals surface area contributed by atoms with Gasteiger partial charge in [0.2, 0.25) is 0 Å². The summed E-state index contributed by atoms with van der Waals surface area (Å²) < 4.78 is 11.8. The van der Waals surface area contributed by atoms with Gasteiger partial charge in [-0.1, -0.05) is 24.1 Å². The normalized spacial score (nSPS) is 27.7. The first-order valence-electron chi connectivity index (χ1n) is 10.7. The van der Waals surface area contributed by atoms with E-state index in [9.17, 15) is 14.9 Å². The van der Waals surface area contributed by atoms with Crippen molar-refractivity contribution in [2.24, 2.45) is 0 Å². The van der Waals surface area contributed by atoms with Crippen LogP contribution in [0.3, 0.4) is 0 Å². The predicted octanol–water partition coefficient (Wildman–Crippen LogP) is 3.52. The molecule has 3 heterocycles. The van der Waals surface area contributed by atoms with Crippen LogP contribution in [0.25, 0.3) is 0 Å². The number of rotatable bonds is 5. The number of hydrogen-bond acceptors (Lipinski definition) is 6. The van der Waals surface area contributed by atoms with Gasteiger partial charge in [-0.2, -0.15) is 0 Å². The van der Waals surface area contributed by atoms with Crippen LogP contribution in [0.2, 0.25) is 0 Å². The molecule has 1 N–H and O–H groups in total. The summed E-state index contributed by atoms with van der Waals surface area (Å²) in [5.74, 6) is 2.44. The number of hydrogen-bond donors (Lipinski definition) is 1. The van der Waals surface area contributed by atoms with Crippen LogP contribution < -0.4 is 14.8 Å². The topological polar surface area (TPSA) is 93.9 Å². The molecule has 2 aromatic rings. The quantitative estimate of drug-likeness (QED) is 0.375. The zero-order valence-corrected chi connectivity index (χ0v) is 19.5. The van der Waals surface area contributed by atoms with Gasteiger partial charge in [0.25, 0.3) is 11.9 Å². The number of benzene rings is 2. The highest BCUT2D eigenvalue weighted by Gasteiger charge is 2.73. The third-order valence-electron chi connectivity index (χ3n) is 7.03. The van der Waals surface area contributed by atoms with Gasteiger partial charge in [0, 0.05) is 28.8 Å². The molecule has 1 spiro atoms. The van der Waals surface area contributed by atoms with E-state index in [0.717, 1.165) is 18.4 Å². The van der Waals surface area contributed by atoms with Crippen LogP contribution in [0.1, 0.15) is 29.9 Å². The summed E-state index contributed by atoms with van der Waals surface area (Å²) in [6, 6.07) is 9.54. The number of carbonyl (C=O) groups is 1. The fourth-order valence-corrected chi connectivity index (χ4v) is 6.54. The molecule has 2 saturated heterocycles. The van der Waals surface area contributed by atoms with Gasteiger partial charge in [0.15, 0.2) is 17.0 Å². The first kappa shape index (κ1) is 21.7. The third kappa shape index (κ3) is 2.97. The molecule has 0 aliphatic carbocycles. The lowest BCUT2D eigenvalue weighted by molar-refractivity contribution is -0.534. The average molecular weight is 512 g/mol. The Labute approximate surface area is 199 Å². The van der Waals surface area contributed by atoms with Crippen LogP contribution in [0.15, 0.2) is 40.9 Å². The van der Waals surface area contributed by atoms with Crippen molar-refractivity contribution in [1.29, 1.82) is 0 Å². The maximum Gasteiger partial charge on any atom is 0.256 e. The van der Waals surface area contributed by atoms with Crippen molar-refractivity contribution in [3.8, 4) is 23.8 Å². The molecular weight excluding hydrogens is 490 g/mol. The van der Waals surface area contributed by atoms with Crippen molar-refractivity contribution < 1.29 is 19.2 Å². The summed E-state index contributed by atoms with van der Waals surface area (Å²) in [5, 5.41) is 15.6. The summed E-state index contributed by atoms with van der Waals surface area (Å²) in [4.78, 5) is 28.0. The number of methoxy groups -OCH3 is 1. The van der Waals surface area contributed by atoms with E-state index in [1.54, 1.807) is 12.1 Å². The Balaban J connectivity index is 1.70. The van der Waals surface area contributed by atoms with Gasteiger partial charge in [-0.3, -0.25) is 19.8 Å². The molecule has 2 fully saturated rings. The zero-order valence-electron chi connectivity index (χ0n) is 17.9. The molecule has 3 aliphatic heterocycles. The molecule has 9 heteroatoms. The first-order valence-corrected chi connectivity index (χ1v) is 11.5. The van der Waals surface area contributed by atoms with E-state index < -0.39 is 17.5 Å². The molecule has 0 bridgehead atoms. The van der Waals surface area contributed by atoms with E-state index >= 15 is 0 Å². The lowest BCUT2D eigenvalue weighted by Gasteiger charge is -2.32. The van der Waals surface area contributed by atoms with Gasteiger partial charge >= 0.3 is 0 Å². The number of amides is 1. The van der Waals surface area contributed by atoms with E-state index in [-0.39, 0.29) is 23.5 Å². The fraction of sp³-hybridized carbons (Fsp3) is 0.375. The molecular formula is C24H22BrN3O5. The van der Waals surface area contributed by atoms with Crippen LogP contribution in [-0.2, 0) is 10.3 Å². The minimum absolute atomic E-state index is 0.0612. The summed E-state index contributed by atoms with van der Waals surface area (Å²) in [5.41, 5.74) is 0.674.